The van der Waals surface area contributed by atoms with Crippen LogP contribution in [0.5, 0.6) is 0 Å². The third-order valence-electron chi connectivity index (χ3n) is 3.61. The van der Waals surface area contributed by atoms with Crippen molar-refractivity contribution in [2.75, 3.05) is 6.61 Å². The molecule has 3 N–H and O–H groups in total. The Morgan fingerprint density at radius 3 is 2.57 bits per heavy atom. The van der Waals surface area contributed by atoms with E-state index < -0.39 is 0 Å². The Balaban J connectivity index is 2.22. The summed E-state index contributed by atoms with van der Waals surface area (Å²) in [5.41, 5.74) is 7.37. The first kappa shape index (κ1) is 9.69. The minimum atomic E-state index is -0.191. The van der Waals surface area contributed by atoms with Crippen LogP contribution in [0.4, 0.5) is 0 Å². The summed E-state index contributed by atoms with van der Waals surface area (Å²) in [5, 5.41) is 8.94. The van der Waals surface area contributed by atoms with Gasteiger partial charge in [0.15, 0.2) is 0 Å². The lowest BCUT2D eigenvalue weighted by Gasteiger charge is -2.18. The summed E-state index contributed by atoms with van der Waals surface area (Å²) < 4.78 is 0. The molecule has 2 heteroatoms. The number of nitrogens with two attached hydrogens (primary N) is 1. The number of aliphatic hydroxyl groups excluding tert-OH is 1. The second kappa shape index (κ2) is 3.07. The van der Waals surface area contributed by atoms with E-state index in [-0.39, 0.29) is 17.6 Å². The second-order valence-electron chi connectivity index (χ2n) is 4.50. The Hall–Kier alpha value is -0.860. The Morgan fingerprint density at radius 1 is 1.36 bits per heavy atom. The van der Waals surface area contributed by atoms with Gasteiger partial charge in [-0.2, -0.15) is 0 Å². The topological polar surface area (TPSA) is 46.2 Å². The number of hydrogen-bond donors (Lipinski definition) is 2. The summed E-state index contributed by atoms with van der Waals surface area (Å²) >= 11 is 0. The fraction of sp³-hybridized carbons (Fsp3) is 0.500. The van der Waals surface area contributed by atoms with Crippen LogP contribution in [0.1, 0.15) is 25.3 Å². The third-order valence-corrected chi connectivity index (χ3v) is 3.61. The predicted octanol–water partition coefficient (Wildman–Crippen LogP) is 1.43. The van der Waals surface area contributed by atoms with Gasteiger partial charge in [-0.25, -0.2) is 0 Å². The van der Waals surface area contributed by atoms with Crippen molar-refractivity contribution in [2.24, 2.45) is 5.73 Å². The molecule has 0 heterocycles. The first-order chi connectivity index (χ1) is 6.62. The molecular weight excluding hydrogens is 174 g/mol. The van der Waals surface area contributed by atoms with Crippen LogP contribution in [0.3, 0.4) is 0 Å². The highest BCUT2D eigenvalue weighted by Crippen LogP contribution is 2.57. The average Bonchev–Trinajstić information content (AvgIpc) is 2.73. The van der Waals surface area contributed by atoms with Crippen LogP contribution in [0.15, 0.2) is 30.3 Å². The molecule has 0 amide bonds. The van der Waals surface area contributed by atoms with E-state index in [0.717, 1.165) is 6.42 Å². The van der Waals surface area contributed by atoms with Gasteiger partial charge in [-0.15, -0.1) is 0 Å². The highest BCUT2D eigenvalue weighted by atomic mass is 16.3. The summed E-state index contributed by atoms with van der Waals surface area (Å²) in [6.07, 6.45) is 1.67. The fourth-order valence-electron chi connectivity index (χ4n) is 2.35. The van der Waals surface area contributed by atoms with Crippen molar-refractivity contribution in [1.82, 2.24) is 0 Å². The van der Waals surface area contributed by atoms with Gasteiger partial charge in [-0.05, 0) is 18.4 Å². The lowest BCUT2D eigenvalue weighted by Crippen LogP contribution is -2.32. The number of aliphatic hydroxyl groups is 1. The molecule has 1 aliphatic rings. The molecule has 2 rings (SSSR count). The summed E-state index contributed by atoms with van der Waals surface area (Å²) in [4.78, 5) is 0. The predicted molar refractivity (Wildman–Crippen MR) is 57.0 cm³/mol. The van der Waals surface area contributed by atoms with Gasteiger partial charge in [0.25, 0.3) is 0 Å². The molecule has 0 radical (unpaired) electrons. The minimum absolute atomic E-state index is 0.0665. The van der Waals surface area contributed by atoms with Gasteiger partial charge >= 0.3 is 0 Å². The van der Waals surface area contributed by atoms with Crippen molar-refractivity contribution >= 4 is 0 Å². The molecule has 1 aromatic carbocycles. The van der Waals surface area contributed by atoms with Crippen LogP contribution < -0.4 is 5.73 Å². The van der Waals surface area contributed by atoms with Gasteiger partial charge < -0.3 is 10.8 Å². The first-order valence-corrected chi connectivity index (χ1v) is 5.08. The Bertz CT molecular complexity index is 324. The van der Waals surface area contributed by atoms with Crippen molar-refractivity contribution in [3.8, 4) is 0 Å². The van der Waals surface area contributed by atoms with Crippen LogP contribution in [0.2, 0.25) is 0 Å². The van der Waals surface area contributed by atoms with E-state index in [1.807, 2.05) is 18.2 Å². The molecule has 2 nitrogen and oxygen atoms in total. The summed E-state index contributed by atoms with van der Waals surface area (Å²) in [6, 6.07) is 10.3. The fourth-order valence-corrected chi connectivity index (χ4v) is 2.35. The average molecular weight is 191 g/mol. The molecule has 76 valence electrons. The summed E-state index contributed by atoms with van der Waals surface area (Å²) in [5.74, 6) is 0. The summed E-state index contributed by atoms with van der Waals surface area (Å²) in [6.45, 7) is 2.36. The molecule has 2 atom stereocenters. The maximum absolute atomic E-state index is 8.94. The highest BCUT2D eigenvalue weighted by molar-refractivity contribution is 5.40. The summed E-state index contributed by atoms with van der Waals surface area (Å²) in [7, 11) is 0. The van der Waals surface area contributed by atoms with E-state index >= 15 is 0 Å². The Morgan fingerprint density at radius 2 is 2.00 bits per heavy atom. The van der Waals surface area contributed by atoms with Gasteiger partial charge in [0, 0.05) is 17.6 Å². The number of hydrogen-bond acceptors (Lipinski definition) is 2. The Kier molecular flexibility index (Phi) is 2.13. The monoisotopic (exact) mass is 191 g/mol. The van der Waals surface area contributed by atoms with Crippen LogP contribution >= 0.6 is 0 Å². The minimum Gasteiger partial charge on any atom is -0.396 e. The molecule has 1 aromatic rings. The largest absolute Gasteiger partial charge is 0.396 e. The van der Waals surface area contributed by atoms with Gasteiger partial charge in [0.2, 0.25) is 0 Å². The van der Waals surface area contributed by atoms with Gasteiger partial charge in [-0.3, -0.25) is 0 Å². The van der Waals surface area contributed by atoms with Crippen molar-refractivity contribution in [2.45, 2.75) is 30.7 Å². The van der Waals surface area contributed by atoms with E-state index in [4.69, 9.17) is 10.8 Å². The Labute approximate surface area is 84.7 Å². The maximum Gasteiger partial charge on any atom is 0.0448 e. The molecule has 0 aromatic heterocycles. The van der Waals surface area contributed by atoms with E-state index in [0.29, 0.717) is 6.42 Å². The van der Waals surface area contributed by atoms with Crippen molar-refractivity contribution < 1.29 is 5.11 Å². The van der Waals surface area contributed by atoms with E-state index in [9.17, 15) is 0 Å². The smallest absolute Gasteiger partial charge is 0.0448 e. The zero-order valence-corrected chi connectivity index (χ0v) is 8.53. The quantitative estimate of drug-likeness (QED) is 0.759. The molecule has 0 unspecified atom stereocenters. The molecule has 0 bridgehead atoms. The van der Waals surface area contributed by atoms with Crippen LogP contribution in [0.25, 0.3) is 0 Å². The molecule has 0 saturated heterocycles. The number of benzene rings is 1. The maximum atomic E-state index is 8.94. The van der Waals surface area contributed by atoms with Crippen LogP contribution in [0, 0.1) is 0 Å². The van der Waals surface area contributed by atoms with Crippen LogP contribution in [-0.4, -0.2) is 17.3 Å². The van der Waals surface area contributed by atoms with E-state index in [1.165, 1.54) is 5.56 Å². The zero-order valence-electron chi connectivity index (χ0n) is 8.53. The van der Waals surface area contributed by atoms with Gasteiger partial charge in [-0.1, -0.05) is 37.3 Å². The SMILES string of the molecule is C[C@]1(c2ccccc2)C[C@@]1(N)CCO. The van der Waals surface area contributed by atoms with E-state index in [2.05, 4.69) is 19.1 Å². The molecule has 0 aliphatic heterocycles. The van der Waals surface area contributed by atoms with Gasteiger partial charge in [0.05, 0.1) is 0 Å². The second-order valence-corrected chi connectivity index (χ2v) is 4.50. The lowest BCUT2D eigenvalue weighted by molar-refractivity contribution is 0.265. The van der Waals surface area contributed by atoms with Crippen LogP contribution in [-0.2, 0) is 5.41 Å². The highest BCUT2D eigenvalue weighted by Gasteiger charge is 2.61. The number of rotatable bonds is 3. The van der Waals surface area contributed by atoms with Crippen molar-refractivity contribution in [3.63, 3.8) is 0 Å². The first-order valence-electron chi connectivity index (χ1n) is 5.08. The molecule has 14 heavy (non-hydrogen) atoms. The van der Waals surface area contributed by atoms with Gasteiger partial charge in [0.1, 0.15) is 0 Å². The lowest BCUT2D eigenvalue weighted by atomic mass is 9.91. The molecule has 1 fully saturated rings. The third kappa shape index (κ3) is 1.26. The van der Waals surface area contributed by atoms with E-state index in [1.54, 1.807) is 0 Å². The zero-order chi connectivity index (χ0) is 10.2. The molecule has 1 saturated carbocycles. The van der Waals surface area contributed by atoms with Crippen molar-refractivity contribution in [1.29, 1.82) is 0 Å². The van der Waals surface area contributed by atoms with Crippen molar-refractivity contribution in [3.05, 3.63) is 35.9 Å². The molecular formula is C12H17NO. The normalized spacial score (nSPS) is 35.6. The molecule has 1 aliphatic carbocycles. The molecule has 0 spiro atoms. The standard InChI is InChI=1S/C12H17NO/c1-11(9-12(11,13)7-8-14)10-5-3-2-4-6-10/h2-6,14H,7-9,13H2,1H3/t11-,12+/m1/s1.